The van der Waals surface area contributed by atoms with Gasteiger partial charge in [-0.3, -0.25) is 4.79 Å². The highest BCUT2D eigenvalue weighted by molar-refractivity contribution is 5.80. The Kier molecular flexibility index (Phi) is 4.05. The summed E-state index contributed by atoms with van der Waals surface area (Å²) in [5, 5.41) is 6.28. The predicted molar refractivity (Wildman–Crippen MR) is 66.8 cm³/mol. The summed E-state index contributed by atoms with van der Waals surface area (Å²) in [4.78, 5) is 11.3. The molecule has 1 aliphatic heterocycles. The Morgan fingerprint density at radius 3 is 2.65 bits per heavy atom. The molecule has 1 aliphatic carbocycles. The molecule has 1 saturated carbocycles. The summed E-state index contributed by atoms with van der Waals surface area (Å²) in [5.74, 6) is 0.541. The molecule has 0 aromatic carbocycles. The van der Waals surface area contributed by atoms with Gasteiger partial charge in [0.2, 0.25) is 5.91 Å². The Labute approximate surface area is 103 Å². The van der Waals surface area contributed by atoms with Gasteiger partial charge in [0.25, 0.3) is 0 Å². The van der Waals surface area contributed by atoms with Crippen LogP contribution in [0.3, 0.4) is 0 Å². The maximum absolute atomic E-state index is 11.3. The Bertz CT molecular complexity index is 275. The van der Waals surface area contributed by atoms with Crippen molar-refractivity contribution in [3.63, 3.8) is 0 Å². The van der Waals surface area contributed by atoms with Gasteiger partial charge in [0.15, 0.2) is 0 Å². The molecule has 2 rings (SSSR count). The van der Waals surface area contributed by atoms with Gasteiger partial charge in [-0.05, 0) is 39.5 Å². The van der Waals surface area contributed by atoms with Crippen LogP contribution < -0.4 is 10.6 Å². The average molecular weight is 240 g/mol. The SMILES string of the molecule is CC1(C)CCC(CNCCNC(=O)C2CC2)O1. The van der Waals surface area contributed by atoms with Crippen molar-refractivity contribution in [2.45, 2.75) is 51.2 Å². The Morgan fingerprint density at radius 2 is 2.06 bits per heavy atom. The van der Waals surface area contributed by atoms with Gasteiger partial charge in [-0.1, -0.05) is 0 Å². The molecule has 0 bridgehead atoms. The van der Waals surface area contributed by atoms with Crippen molar-refractivity contribution in [3.8, 4) is 0 Å². The molecular formula is C13H24N2O2. The quantitative estimate of drug-likeness (QED) is 0.683. The van der Waals surface area contributed by atoms with Crippen LogP contribution in [0.15, 0.2) is 0 Å². The third-order valence-electron chi connectivity index (χ3n) is 3.48. The molecule has 1 saturated heterocycles. The fraction of sp³-hybridized carbons (Fsp3) is 0.923. The molecule has 98 valence electrons. The zero-order valence-corrected chi connectivity index (χ0v) is 10.9. The second-order valence-electron chi connectivity index (χ2n) is 5.81. The van der Waals surface area contributed by atoms with Gasteiger partial charge < -0.3 is 15.4 Å². The fourth-order valence-corrected chi connectivity index (χ4v) is 2.25. The van der Waals surface area contributed by atoms with E-state index >= 15 is 0 Å². The normalized spacial score (nSPS) is 27.1. The molecule has 0 spiro atoms. The standard InChI is InChI=1S/C13H24N2O2/c1-13(2)6-5-11(17-13)9-14-7-8-15-12(16)10-3-4-10/h10-11,14H,3-9H2,1-2H3,(H,15,16). The van der Waals surface area contributed by atoms with E-state index in [4.69, 9.17) is 4.74 Å². The van der Waals surface area contributed by atoms with Crippen molar-refractivity contribution in [1.29, 1.82) is 0 Å². The van der Waals surface area contributed by atoms with E-state index in [9.17, 15) is 4.79 Å². The molecule has 2 aliphatic rings. The number of hydrogen-bond acceptors (Lipinski definition) is 3. The molecule has 0 aromatic rings. The van der Waals surface area contributed by atoms with Crippen LogP contribution in [0.1, 0.15) is 39.5 Å². The van der Waals surface area contributed by atoms with Crippen LogP contribution >= 0.6 is 0 Å². The third kappa shape index (κ3) is 4.28. The molecular weight excluding hydrogens is 216 g/mol. The van der Waals surface area contributed by atoms with Crippen LogP contribution in [0.25, 0.3) is 0 Å². The largest absolute Gasteiger partial charge is 0.371 e. The predicted octanol–water partition coefficient (Wildman–Crippen LogP) is 1.06. The van der Waals surface area contributed by atoms with E-state index in [1.165, 1.54) is 0 Å². The van der Waals surface area contributed by atoms with Crippen molar-refractivity contribution in [1.82, 2.24) is 10.6 Å². The average Bonchev–Trinajstić information content (AvgIpc) is 3.04. The van der Waals surface area contributed by atoms with E-state index < -0.39 is 0 Å². The number of carbonyl (C=O) groups excluding carboxylic acids is 1. The zero-order chi connectivity index (χ0) is 12.3. The summed E-state index contributed by atoms with van der Waals surface area (Å²) >= 11 is 0. The minimum atomic E-state index is 0.0482. The van der Waals surface area contributed by atoms with E-state index in [2.05, 4.69) is 24.5 Å². The summed E-state index contributed by atoms with van der Waals surface area (Å²) in [6.07, 6.45) is 4.75. The van der Waals surface area contributed by atoms with Crippen LogP contribution in [0, 0.1) is 5.92 Å². The van der Waals surface area contributed by atoms with E-state index in [-0.39, 0.29) is 11.5 Å². The first kappa shape index (κ1) is 12.8. The highest BCUT2D eigenvalue weighted by Gasteiger charge is 2.31. The lowest BCUT2D eigenvalue weighted by molar-refractivity contribution is -0.122. The van der Waals surface area contributed by atoms with Crippen molar-refractivity contribution in [2.75, 3.05) is 19.6 Å². The Hall–Kier alpha value is -0.610. The van der Waals surface area contributed by atoms with Gasteiger partial charge in [0.05, 0.1) is 11.7 Å². The lowest BCUT2D eigenvalue weighted by Crippen LogP contribution is -2.36. The lowest BCUT2D eigenvalue weighted by atomic mass is 10.1. The smallest absolute Gasteiger partial charge is 0.223 e. The van der Waals surface area contributed by atoms with Gasteiger partial charge in [-0.2, -0.15) is 0 Å². The topological polar surface area (TPSA) is 50.4 Å². The Balaban J connectivity index is 1.47. The van der Waals surface area contributed by atoms with Crippen LogP contribution in [0.4, 0.5) is 0 Å². The van der Waals surface area contributed by atoms with Gasteiger partial charge in [-0.25, -0.2) is 0 Å². The van der Waals surface area contributed by atoms with Crippen molar-refractivity contribution in [3.05, 3.63) is 0 Å². The molecule has 1 unspecified atom stereocenters. The summed E-state index contributed by atoms with van der Waals surface area (Å²) in [5.41, 5.74) is 0.0482. The first-order valence-corrected chi connectivity index (χ1v) is 6.73. The molecule has 4 nitrogen and oxygen atoms in total. The molecule has 1 heterocycles. The first-order valence-electron chi connectivity index (χ1n) is 6.73. The Morgan fingerprint density at radius 1 is 1.29 bits per heavy atom. The summed E-state index contributed by atoms with van der Waals surface area (Å²) < 4.78 is 5.87. The monoisotopic (exact) mass is 240 g/mol. The molecule has 4 heteroatoms. The minimum Gasteiger partial charge on any atom is -0.371 e. The molecule has 0 aromatic heterocycles. The fourth-order valence-electron chi connectivity index (χ4n) is 2.25. The highest BCUT2D eigenvalue weighted by atomic mass is 16.5. The molecule has 1 atom stereocenters. The number of hydrogen-bond donors (Lipinski definition) is 2. The van der Waals surface area contributed by atoms with Gasteiger partial charge in [0.1, 0.15) is 0 Å². The highest BCUT2D eigenvalue weighted by Crippen LogP contribution is 2.29. The third-order valence-corrected chi connectivity index (χ3v) is 3.48. The molecule has 0 radical (unpaired) electrons. The number of ether oxygens (including phenoxy) is 1. The van der Waals surface area contributed by atoms with Gasteiger partial charge in [-0.15, -0.1) is 0 Å². The number of nitrogens with one attached hydrogen (secondary N) is 2. The number of carbonyl (C=O) groups is 1. The van der Waals surface area contributed by atoms with Crippen molar-refractivity contribution < 1.29 is 9.53 Å². The maximum Gasteiger partial charge on any atom is 0.223 e. The molecule has 2 fully saturated rings. The zero-order valence-electron chi connectivity index (χ0n) is 10.9. The van der Waals surface area contributed by atoms with Gasteiger partial charge >= 0.3 is 0 Å². The van der Waals surface area contributed by atoms with Gasteiger partial charge in [0, 0.05) is 25.6 Å². The van der Waals surface area contributed by atoms with Crippen molar-refractivity contribution >= 4 is 5.91 Å². The van der Waals surface area contributed by atoms with E-state index in [1.54, 1.807) is 0 Å². The van der Waals surface area contributed by atoms with Crippen LogP contribution in [-0.2, 0) is 9.53 Å². The second kappa shape index (κ2) is 5.36. The van der Waals surface area contributed by atoms with E-state index in [1.807, 2.05) is 0 Å². The number of rotatable bonds is 6. The first-order chi connectivity index (χ1) is 8.07. The van der Waals surface area contributed by atoms with Crippen molar-refractivity contribution in [2.24, 2.45) is 5.92 Å². The summed E-state index contributed by atoms with van der Waals surface area (Å²) in [7, 11) is 0. The van der Waals surface area contributed by atoms with Crippen LogP contribution in [0.5, 0.6) is 0 Å². The second-order valence-corrected chi connectivity index (χ2v) is 5.81. The minimum absolute atomic E-state index is 0.0482. The van der Waals surface area contributed by atoms with E-state index in [0.29, 0.717) is 12.0 Å². The molecule has 17 heavy (non-hydrogen) atoms. The maximum atomic E-state index is 11.3. The lowest BCUT2D eigenvalue weighted by Gasteiger charge is -2.19. The molecule has 2 N–H and O–H groups in total. The number of amides is 1. The molecule has 1 amide bonds. The van der Waals surface area contributed by atoms with Crippen LogP contribution in [-0.4, -0.2) is 37.2 Å². The summed E-state index contributed by atoms with van der Waals surface area (Å²) in [6.45, 7) is 6.73. The summed E-state index contributed by atoms with van der Waals surface area (Å²) in [6, 6.07) is 0. The van der Waals surface area contributed by atoms with Crippen LogP contribution in [0.2, 0.25) is 0 Å². The van der Waals surface area contributed by atoms with E-state index in [0.717, 1.165) is 45.3 Å².